The standard InChI is InChI=1S/C13H15N5S/c1-9-4-10(7-15-6-9)12(17-14)5-11-8-18-2-3-19-13(18)16-11/h2-4,6-8,12,17H,5,14H2,1H3. The maximum absolute atomic E-state index is 5.66. The highest BCUT2D eigenvalue weighted by molar-refractivity contribution is 7.15. The molecule has 0 spiro atoms. The first-order valence-corrected chi connectivity index (χ1v) is 6.93. The molecule has 5 nitrogen and oxygen atoms in total. The average Bonchev–Trinajstić information content (AvgIpc) is 2.96. The Bertz CT molecular complexity index is 658. The molecule has 0 aliphatic heterocycles. The highest BCUT2D eigenvalue weighted by Crippen LogP contribution is 2.19. The number of nitrogens with two attached hydrogens (primary N) is 1. The molecule has 0 aliphatic carbocycles. The molecule has 0 amide bonds. The number of hydrazine groups is 1. The van der Waals surface area contributed by atoms with Gasteiger partial charge in [0.05, 0.1) is 11.7 Å². The molecular weight excluding hydrogens is 258 g/mol. The van der Waals surface area contributed by atoms with Crippen molar-refractivity contribution in [3.63, 3.8) is 0 Å². The zero-order valence-corrected chi connectivity index (χ0v) is 11.4. The van der Waals surface area contributed by atoms with Crippen LogP contribution in [0.2, 0.25) is 0 Å². The number of fused-ring (bicyclic) bond motifs is 1. The Labute approximate surface area is 115 Å². The van der Waals surface area contributed by atoms with E-state index in [9.17, 15) is 0 Å². The van der Waals surface area contributed by atoms with E-state index < -0.39 is 0 Å². The van der Waals surface area contributed by atoms with Gasteiger partial charge in [0.25, 0.3) is 0 Å². The lowest BCUT2D eigenvalue weighted by atomic mass is 10.0. The van der Waals surface area contributed by atoms with Gasteiger partial charge < -0.3 is 0 Å². The summed E-state index contributed by atoms with van der Waals surface area (Å²) >= 11 is 1.63. The molecule has 6 heteroatoms. The molecule has 3 N–H and O–H groups in total. The topological polar surface area (TPSA) is 68.2 Å². The Morgan fingerprint density at radius 3 is 3.11 bits per heavy atom. The van der Waals surface area contributed by atoms with Gasteiger partial charge in [-0.2, -0.15) is 0 Å². The fraction of sp³-hybridized carbons (Fsp3) is 0.231. The first-order chi connectivity index (χ1) is 9.26. The van der Waals surface area contributed by atoms with Crippen molar-refractivity contribution in [2.45, 2.75) is 19.4 Å². The summed E-state index contributed by atoms with van der Waals surface area (Å²) in [5.41, 5.74) is 6.08. The number of thiazole rings is 1. The lowest BCUT2D eigenvalue weighted by molar-refractivity contribution is 0.545. The van der Waals surface area contributed by atoms with Crippen molar-refractivity contribution in [1.82, 2.24) is 19.8 Å². The van der Waals surface area contributed by atoms with Crippen LogP contribution in [0.15, 0.2) is 36.2 Å². The molecule has 0 aromatic carbocycles. The van der Waals surface area contributed by atoms with Crippen LogP contribution in [0.3, 0.4) is 0 Å². The average molecular weight is 273 g/mol. The summed E-state index contributed by atoms with van der Waals surface area (Å²) in [5.74, 6) is 5.66. The maximum atomic E-state index is 5.66. The van der Waals surface area contributed by atoms with Gasteiger partial charge >= 0.3 is 0 Å². The second kappa shape index (κ2) is 5.08. The molecule has 0 saturated heterocycles. The van der Waals surface area contributed by atoms with Gasteiger partial charge in [-0.15, -0.1) is 11.3 Å². The van der Waals surface area contributed by atoms with E-state index in [1.165, 1.54) is 0 Å². The van der Waals surface area contributed by atoms with Gasteiger partial charge in [0, 0.05) is 36.6 Å². The minimum atomic E-state index is 0.0250. The van der Waals surface area contributed by atoms with E-state index in [4.69, 9.17) is 5.84 Å². The first kappa shape index (κ1) is 12.3. The van der Waals surface area contributed by atoms with E-state index >= 15 is 0 Å². The number of aromatic nitrogens is 3. The minimum Gasteiger partial charge on any atom is -0.297 e. The summed E-state index contributed by atoms with van der Waals surface area (Å²) in [6, 6.07) is 2.12. The van der Waals surface area contributed by atoms with Crippen LogP contribution < -0.4 is 11.3 Å². The van der Waals surface area contributed by atoms with Crippen LogP contribution in [0, 0.1) is 6.92 Å². The van der Waals surface area contributed by atoms with Crippen LogP contribution in [0.25, 0.3) is 4.96 Å². The number of nitrogens with one attached hydrogen (secondary N) is 1. The first-order valence-electron chi connectivity index (χ1n) is 6.05. The number of pyridine rings is 1. The molecule has 1 atom stereocenters. The van der Waals surface area contributed by atoms with E-state index in [1.807, 2.05) is 41.5 Å². The Hall–Kier alpha value is -1.76. The van der Waals surface area contributed by atoms with Crippen LogP contribution in [-0.2, 0) is 6.42 Å². The molecule has 0 bridgehead atoms. The van der Waals surface area contributed by atoms with Crippen molar-refractivity contribution in [3.05, 3.63) is 53.1 Å². The van der Waals surface area contributed by atoms with Crippen LogP contribution in [0.4, 0.5) is 0 Å². The largest absolute Gasteiger partial charge is 0.297 e. The summed E-state index contributed by atoms with van der Waals surface area (Å²) < 4.78 is 2.03. The third-order valence-corrected chi connectivity index (χ3v) is 3.83. The van der Waals surface area contributed by atoms with Gasteiger partial charge in [0.15, 0.2) is 4.96 Å². The Morgan fingerprint density at radius 2 is 2.37 bits per heavy atom. The molecule has 0 saturated carbocycles. The molecule has 0 aliphatic rings. The quantitative estimate of drug-likeness (QED) is 0.562. The summed E-state index contributed by atoms with van der Waals surface area (Å²) in [4.78, 5) is 9.79. The lowest BCUT2D eigenvalue weighted by Gasteiger charge is -2.15. The summed E-state index contributed by atoms with van der Waals surface area (Å²) in [6.45, 7) is 2.02. The van der Waals surface area contributed by atoms with Gasteiger partial charge in [-0.05, 0) is 18.1 Å². The highest BCUT2D eigenvalue weighted by Gasteiger charge is 2.13. The highest BCUT2D eigenvalue weighted by atomic mass is 32.1. The third kappa shape index (κ3) is 2.51. The van der Waals surface area contributed by atoms with Crippen molar-refractivity contribution in [2.24, 2.45) is 5.84 Å². The molecule has 1 unspecified atom stereocenters. The van der Waals surface area contributed by atoms with Crippen molar-refractivity contribution in [2.75, 3.05) is 0 Å². The number of imidazole rings is 1. The van der Waals surface area contributed by atoms with Crippen LogP contribution in [-0.4, -0.2) is 14.4 Å². The fourth-order valence-electron chi connectivity index (χ4n) is 2.13. The monoisotopic (exact) mass is 273 g/mol. The van der Waals surface area contributed by atoms with Crippen molar-refractivity contribution in [3.8, 4) is 0 Å². The number of rotatable bonds is 4. The number of hydrogen-bond donors (Lipinski definition) is 2. The molecule has 3 aromatic rings. The zero-order chi connectivity index (χ0) is 13.2. The summed E-state index contributed by atoms with van der Waals surface area (Å²) in [7, 11) is 0. The van der Waals surface area contributed by atoms with Gasteiger partial charge in [-0.25, -0.2) is 4.98 Å². The predicted molar refractivity (Wildman–Crippen MR) is 75.8 cm³/mol. The molecule has 3 heterocycles. The normalized spacial score (nSPS) is 12.9. The predicted octanol–water partition coefficient (Wildman–Crippen LogP) is 1.85. The van der Waals surface area contributed by atoms with Gasteiger partial charge in [0.1, 0.15) is 0 Å². The fourth-order valence-corrected chi connectivity index (χ4v) is 2.84. The van der Waals surface area contributed by atoms with Gasteiger partial charge in [-0.3, -0.25) is 20.7 Å². The number of hydrogen-bond acceptors (Lipinski definition) is 5. The van der Waals surface area contributed by atoms with Crippen molar-refractivity contribution >= 4 is 16.3 Å². The van der Waals surface area contributed by atoms with Crippen molar-refractivity contribution in [1.29, 1.82) is 0 Å². The second-order valence-corrected chi connectivity index (χ2v) is 5.42. The van der Waals surface area contributed by atoms with E-state index in [1.54, 1.807) is 11.3 Å². The Kier molecular flexibility index (Phi) is 3.29. The van der Waals surface area contributed by atoms with E-state index in [0.717, 1.165) is 28.2 Å². The van der Waals surface area contributed by atoms with Gasteiger partial charge in [0.2, 0.25) is 0 Å². The molecule has 0 radical (unpaired) electrons. The Morgan fingerprint density at radius 1 is 1.47 bits per heavy atom. The van der Waals surface area contributed by atoms with Gasteiger partial charge in [-0.1, -0.05) is 6.07 Å². The van der Waals surface area contributed by atoms with E-state index in [0.29, 0.717) is 0 Å². The molecule has 0 fully saturated rings. The van der Waals surface area contributed by atoms with E-state index in [2.05, 4.69) is 21.5 Å². The summed E-state index contributed by atoms with van der Waals surface area (Å²) in [5, 5.41) is 2.02. The number of nitrogens with zero attached hydrogens (tertiary/aromatic N) is 3. The van der Waals surface area contributed by atoms with Crippen LogP contribution in [0.5, 0.6) is 0 Å². The van der Waals surface area contributed by atoms with Crippen LogP contribution >= 0.6 is 11.3 Å². The summed E-state index contributed by atoms with van der Waals surface area (Å²) in [6.07, 6.45) is 8.48. The number of aryl methyl sites for hydroxylation is 1. The molecular formula is C13H15N5S. The zero-order valence-electron chi connectivity index (χ0n) is 10.6. The lowest BCUT2D eigenvalue weighted by Crippen LogP contribution is -2.29. The van der Waals surface area contributed by atoms with Crippen molar-refractivity contribution < 1.29 is 0 Å². The second-order valence-electron chi connectivity index (χ2n) is 4.54. The Balaban J connectivity index is 1.85. The SMILES string of the molecule is Cc1cncc(C(Cc2cn3ccsc3n2)NN)c1. The maximum Gasteiger partial charge on any atom is 0.193 e. The minimum absolute atomic E-state index is 0.0250. The molecule has 3 rings (SSSR count). The van der Waals surface area contributed by atoms with E-state index in [-0.39, 0.29) is 6.04 Å². The molecule has 3 aromatic heterocycles. The smallest absolute Gasteiger partial charge is 0.193 e. The van der Waals surface area contributed by atoms with Crippen LogP contribution in [0.1, 0.15) is 22.9 Å². The molecule has 98 valence electrons. The third-order valence-electron chi connectivity index (χ3n) is 3.06. The molecule has 19 heavy (non-hydrogen) atoms.